The van der Waals surface area contributed by atoms with Gasteiger partial charge in [0.25, 0.3) is 0 Å². The summed E-state index contributed by atoms with van der Waals surface area (Å²) in [4.78, 5) is 18.4. The van der Waals surface area contributed by atoms with E-state index in [2.05, 4.69) is 25.4 Å². The van der Waals surface area contributed by atoms with Gasteiger partial charge < -0.3 is 10.2 Å². The van der Waals surface area contributed by atoms with E-state index in [1.807, 2.05) is 11.4 Å². The summed E-state index contributed by atoms with van der Waals surface area (Å²) in [5.41, 5.74) is 0. The maximum absolute atomic E-state index is 12.3. The molecule has 0 aromatic carbocycles. The van der Waals surface area contributed by atoms with Crippen molar-refractivity contribution in [3.05, 3.63) is 28.9 Å². The number of carbonyl (C=O) groups is 1. The van der Waals surface area contributed by atoms with E-state index in [1.54, 1.807) is 12.3 Å². The van der Waals surface area contributed by atoms with Gasteiger partial charge in [0.2, 0.25) is 5.91 Å². The fourth-order valence-electron chi connectivity index (χ4n) is 2.37. The normalized spacial score (nSPS) is 18.5. The third kappa shape index (κ3) is 3.48. The molecule has 0 radical (unpaired) electrons. The summed E-state index contributed by atoms with van der Waals surface area (Å²) in [5.74, 6) is 0.697. The highest BCUT2D eigenvalue weighted by atomic mass is 35.5. The standard InChI is InChI=1S/C13H14ClN5OS/c14-10-3-4-11(18-17-10)19-6-1-2-9(8-19)12(20)16-13-15-5-7-21-13/h3-5,7,9H,1-2,6,8H2,(H,15,16,20). The molecule has 0 saturated carbocycles. The summed E-state index contributed by atoms with van der Waals surface area (Å²) < 4.78 is 0. The van der Waals surface area contributed by atoms with Gasteiger partial charge in [-0.25, -0.2) is 4.98 Å². The van der Waals surface area contributed by atoms with Crippen molar-refractivity contribution in [2.45, 2.75) is 12.8 Å². The van der Waals surface area contributed by atoms with E-state index < -0.39 is 0 Å². The minimum Gasteiger partial charge on any atom is -0.354 e. The molecule has 21 heavy (non-hydrogen) atoms. The zero-order chi connectivity index (χ0) is 14.7. The number of hydrogen-bond acceptors (Lipinski definition) is 6. The second-order valence-electron chi connectivity index (χ2n) is 4.83. The van der Waals surface area contributed by atoms with E-state index in [1.165, 1.54) is 11.3 Å². The van der Waals surface area contributed by atoms with Gasteiger partial charge in [-0.3, -0.25) is 4.79 Å². The molecule has 1 saturated heterocycles. The number of nitrogens with one attached hydrogen (secondary N) is 1. The van der Waals surface area contributed by atoms with Crippen LogP contribution < -0.4 is 10.2 Å². The van der Waals surface area contributed by atoms with Crippen LogP contribution in [0.1, 0.15) is 12.8 Å². The van der Waals surface area contributed by atoms with Gasteiger partial charge in [-0.1, -0.05) is 11.6 Å². The van der Waals surface area contributed by atoms with Gasteiger partial charge in [0.1, 0.15) is 0 Å². The fourth-order valence-corrected chi connectivity index (χ4v) is 3.00. The molecule has 1 N–H and O–H groups in total. The lowest BCUT2D eigenvalue weighted by Gasteiger charge is -2.32. The van der Waals surface area contributed by atoms with Crippen LogP contribution in [0.5, 0.6) is 0 Å². The fraction of sp³-hybridized carbons (Fsp3) is 0.385. The molecule has 1 amide bonds. The highest BCUT2D eigenvalue weighted by Crippen LogP contribution is 2.23. The molecule has 1 aliphatic heterocycles. The molecule has 2 aromatic rings. The smallest absolute Gasteiger partial charge is 0.231 e. The Labute approximate surface area is 131 Å². The molecular weight excluding hydrogens is 310 g/mol. The van der Waals surface area contributed by atoms with Crippen LogP contribution in [0, 0.1) is 5.92 Å². The monoisotopic (exact) mass is 323 g/mol. The van der Waals surface area contributed by atoms with Gasteiger partial charge in [-0.15, -0.1) is 21.5 Å². The van der Waals surface area contributed by atoms with Crippen LogP contribution in [0.15, 0.2) is 23.7 Å². The number of rotatable bonds is 3. The zero-order valence-electron chi connectivity index (χ0n) is 11.2. The quantitative estimate of drug-likeness (QED) is 0.939. The molecule has 1 atom stereocenters. The van der Waals surface area contributed by atoms with E-state index in [0.29, 0.717) is 16.8 Å². The van der Waals surface area contributed by atoms with Crippen molar-refractivity contribution in [1.82, 2.24) is 15.2 Å². The van der Waals surface area contributed by atoms with Gasteiger partial charge in [-0.05, 0) is 25.0 Å². The molecule has 1 aliphatic rings. The van der Waals surface area contributed by atoms with Crippen molar-refractivity contribution in [3.8, 4) is 0 Å². The van der Waals surface area contributed by atoms with E-state index in [4.69, 9.17) is 11.6 Å². The first-order valence-electron chi connectivity index (χ1n) is 6.67. The first-order chi connectivity index (χ1) is 10.2. The second-order valence-corrected chi connectivity index (χ2v) is 6.11. The lowest BCUT2D eigenvalue weighted by molar-refractivity contribution is -0.120. The maximum Gasteiger partial charge on any atom is 0.231 e. The summed E-state index contributed by atoms with van der Waals surface area (Å²) in [7, 11) is 0. The molecule has 2 aromatic heterocycles. The molecule has 0 aliphatic carbocycles. The predicted octanol–water partition coefficient (Wildman–Crippen LogP) is 2.44. The first-order valence-corrected chi connectivity index (χ1v) is 7.92. The van der Waals surface area contributed by atoms with E-state index >= 15 is 0 Å². The van der Waals surface area contributed by atoms with E-state index in [0.717, 1.165) is 25.2 Å². The third-order valence-electron chi connectivity index (χ3n) is 3.40. The Morgan fingerprint density at radius 1 is 1.43 bits per heavy atom. The second kappa shape index (κ2) is 6.36. The average molecular weight is 324 g/mol. The molecule has 0 bridgehead atoms. The number of amides is 1. The summed E-state index contributed by atoms with van der Waals surface area (Å²) in [6, 6.07) is 3.54. The number of aromatic nitrogens is 3. The van der Waals surface area contributed by atoms with Crippen molar-refractivity contribution >= 4 is 39.8 Å². The summed E-state index contributed by atoms with van der Waals surface area (Å²) in [6.07, 6.45) is 3.49. The molecule has 1 unspecified atom stereocenters. The predicted molar refractivity (Wildman–Crippen MR) is 82.7 cm³/mol. The van der Waals surface area contributed by atoms with Gasteiger partial charge in [-0.2, -0.15) is 0 Å². The van der Waals surface area contributed by atoms with E-state index in [9.17, 15) is 4.79 Å². The van der Waals surface area contributed by atoms with Crippen molar-refractivity contribution in [1.29, 1.82) is 0 Å². The molecule has 110 valence electrons. The van der Waals surface area contributed by atoms with Crippen LogP contribution in [0.3, 0.4) is 0 Å². The number of halogens is 1. The Kier molecular flexibility index (Phi) is 4.31. The number of nitrogens with zero attached hydrogens (tertiary/aromatic N) is 4. The zero-order valence-corrected chi connectivity index (χ0v) is 12.8. The van der Waals surface area contributed by atoms with Gasteiger partial charge in [0.15, 0.2) is 16.1 Å². The van der Waals surface area contributed by atoms with Gasteiger partial charge >= 0.3 is 0 Å². The Hall–Kier alpha value is -1.73. The lowest BCUT2D eigenvalue weighted by atomic mass is 9.97. The number of piperidine rings is 1. The van der Waals surface area contributed by atoms with Crippen molar-refractivity contribution in [2.24, 2.45) is 5.92 Å². The SMILES string of the molecule is O=C(Nc1nccs1)C1CCCN(c2ccc(Cl)nn2)C1. The van der Waals surface area contributed by atoms with Crippen LogP contribution in [-0.2, 0) is 4.79 Å². The Balaban J connectivity index is 1.65. The van der Waals surface area contributed by atoms with Crippen LogP contribution in [0.2, 0.25) is 5.15 Å². The Morgan fingerprint density at radius 3 is 3.05 bits per heavy atom. The minimum absolute atomic E-state index is 0.0107. The number of carbonyl (C=O) groups excluding carboxylic acids is 1. The van der Waals surface area contributed by atoms with E-state index in [-0.39, 0.29) is 11.8 Å². The number of thiazole rings is 1. The molecule has 0 spiro atoms. The summed E-state index contributed by atoms with van der Waals surface area (Å²) >= 11 is 7.17. The molecule has 3 heterocycles. The first kappa shape index (κ1) is 14.2. The van der Waals surface area contributed by atoms with Crippen LogP contribution >= 0.6 is 22.9 Å². The Morgan fingerprint density at radius 2 is 2.33 bits per heavy atom. The molecule has 6 nitrogen and oxygen atoms in total. The van der Waals surface area contributed by atoms with Crippen LogP contribution in [-0.4, -0.2) is 34.2 Å². The van der Waals surface area contributed by atoms with Crippen LogP contribution in [0.4, 0.5) is 10.9 Å². The van der Waals surface area contributed by atoms with Crippen molar-refractivity contribution < 1.29 is 4.79 Å². The topological polar surface area (TPSA) is 71.0 Å². The van der Waals surface area contributed by atoms with Gasteiger partial charge in [0.05, 0.1) is 5.92 Å². The minimum atomic E-state index is -0.0693. The average Bonchev–Trinajstić information content (AvgIpc) is 3.01. The van der Waals surface area contributed by atoms with Crippen molar-refractivity contribution in [2.75, 3.05) is 23.3 Å². The van der Waals surface area contributed by atoms with Crippen molar-refractivity contribution in [3.63, 3.8) is 0 Å². The largest absolute Gasteiger partial charge is 0.354 e. The lowest BCUT2D eigenvalue weighted by Crippen LogP contribution is -2.41. The third-order valence-corrected chi connectivity index (χ3v) is 4.29. The Bertz CT molecular complexity index is 604. The highest BCUT2D eigenvalue weighted by molar-refractivity contribution is 7.13. The molecule has 3 rings (SSSR count). The van der Waals surface area contributed by atoms with Crippen LogP contribution in [0.25, 0.3) is 0 Å². The molecule has 1 fully saturated rings. The molecule has 8 heteroatoms. The highest BCUT2D eigenvalue weighted by Gasteiger charge is 2.27. The summed E-state index contributed by atoms with van der Waals surface area (Å²) in [5, 5.41) is 13.6. The van der Waals surface area contributed by atoms with Gasteiger partial charge in [0, 0.05) is 24.7 Å². The molecular formula is C13H14ClN5OS. The maximum atomic E-state index is 12.3. The number of anilines is 2. The summed E-state index contributed by atoms with van der Waals surface area (Å²) in [6.45, 7) is 1.50. The number of hydrogen-bond donors (Lipinski definition) is 1.